The molecule has 0 saturated carbocycles. The third-order valence-electron chi connectivity index (χ3n) is 3.79. The van der Waals surface area contributed by atoms with Crippen LogP contribution in [0.15, 0.2) is 60.9 Å². The summed E-state index contributed by atoms with van der Waals surface area (Å²) >= 11 is 1.41. The zero-order valence-corrected chi connectivity index (χ0v) is 14.9. The second kappa shape index (κ2) is 6.97. The van der Waals surface area contributed by atoms with Crippen molar-refractivity contribution in [1.82, 2.24) is 14.6 Å². The molecule has 1 aromatic carbocycles. The highest BCUT2D eigenvalue weighted by Crippen LogP contribution is 2.36. The fraction of sp³-hybridized carbons (Fsp3) is 0.105. The molecule has 7 heteroatoms. The number of amides is 1. The van der Waals surface area contributed by atoms with Crippen molar-refractivity contribution in [2.24, 2.45) is 0 Å². The molecule has 1 N–H and O–H groups in total. The standard InChI is InChI=1S/C19H16N4O2S/c1-2-25-14-12-15(13-6-4-3-5-7-13)26-18(14)19(24)22-17-8-10-20-16-9-11-21-23(16)17/h3-12H,2H2,1H3,(H,22,24). The number of aromatic nitrogens is 3. The summed E-state index contributed by atoms with van der Waals surface area (Å²) in [5.74, 6) is 0.908. The van der Waals surface area contributed by atoms with E-state index in [9.17, 15) is 4.79 Å². The minimum absolute atomic E-state index is 0.233. The van der Waals surface area contributed by atoms with Gasteiger partial charge in [0.1, 0.15) is 16.4 Å². The van der Waals surface area contributed by atoms with Crippen LogP contribution in [0.5, 0.6) is 5.75 Å². The quantitative estimate of drug-likeness (QED) is 0.579. The minimum atomic E-state index is -0.233. The molecular weight excluding hydrogens is 348 g/mol. The minimum Gasteiger partial charge on any atom is -0.492 e. The van der Waals surface area contributed by atoms with Gasteiger partial charge in [-0.25, -0.2) is 4.98 Å². The first-order chi connectivity index (χ1) is 12.8. The van der Waals surface area contributed by atoms with Gasteiger partial charge in [-0.15, -0.1) is 11.3 Å². The molecule has 1 amide bonds. The molecule has 0 aliphatic carbocycles. The number of thiophene rings is 1. The van der Waals surface area contributed by atoms with Crippen LogP contribution in [0.4, 0.5) is 5.82 Å². The van der Waals surface area contributed by atoms with Crippen molar-refractivity contribution in [3.05, 3.63) is 65.8 Å². The number of carbonyl (C=O) groups excluding carboxylic acids is 1. The first-order valence-electron chi connectivity index (χ1n) is 8.18. The third-order valence-corrected chi connectivity index (χ3v) is 4.96. The van der Waals surface area contributed by atoms with Gasteiger partial charge in [-0.05, 0) is 24.6 Å². The van der Waals surface area contributed by atoms with E-state index >= 15 is 0 Å². The summed E-state index contributed by atoms with van der Waals surface area (Å²) in [5, 5.41) is 7.09. The Morgan fingerprint density at radius 1 is 1.19 bits per heavy atom. The molecule has 0 unspecified atom stereocenters. The van der Waals surface area contributed by atoms with Gasteiger partial charge in [0.15, 0.2) is 5.65 Å². The summed E-state index contributed by atoms with van der Waals surface area (Å²) in [6, 6.07) is 15.3. The lowest BCUT2D eigenvalue weighted by atomic mass is 10.2. The summed E-state index contributed by atoms with van der Waals surface area (Å²) in [4.78, 5) is 18.6. The van der Waals surface area contributed by atoms with Gasteiger partial charge in [0.25, 0.3) is 5.91 Å². The van der Waals surface area contributed by atoms with Crippen LogP contribution in [0, 0.1) is 0 Å². The molecule has 0 aliphatic heterocycles. The molecule has 4 aromatic rings. The number of nitrogens with zero attached hydrogens (tertiary/aromatic N) is 3. The second-order valence-electron chi connectivity index (χ2n) is 5.49. The summed E-state index contributed by atoms with van der Waals surface area (Å²) in [7, 11) is 0. The Hall–Kier alpha value is -3.19. The summed E-state index contributed by atoms with van der Waals surface area (Å²) in [6.45, 7) is 2.39. The molecule has 0 radical (unpaired) electrons. The molecule has 3 aromatic heterocycles. The maximum atomic E-state index is 12.9. The largest absolute Gasteiger partial charge is 0.492 e. The van der Waals surface area contributed by atoms with Gasteiger partial charge in [-0.1, -0.05) is 30.3 Å². The SMILES string of the molecule is CCOc1cc(-c2ccccc2)sc1C(=O)Nc1ccnc2ccnn12. The molecule has 0 atom stereocenters. The smallest absolute Gasteiger partial charge is 0.270 e. The number of hydrogen-bond acceptors (Lipinski definition) is 5. The Kier molecular flexibility index (Phi) is 4.37. The Balaban J connectivity index is 1.68. The van der Waals surface area contributed by atoms with Crippen molar-refractivity contribution < 1.29 is 9.53 Å². The van der Waals surface area contributed by atoms with Gasteiger partial charge in [0.2, 0.25) is 0 Å². The summed E-state index contributed by atoms with van der Waals surface area (Å²) in [5.41, 5.74) is 1.72. The molecule has 26 heavy (non-hydrogen) atoms. The Morgan fingerprint density at radius 2 is 2.04 bits per heavy atom. The fourth-order valence-corrected chi connectivity index (χ4v) is 3.64. The average Bonchev–Trinajstić information content (AvgIpc) is 3.30. The molecule has 0 aliphatic rings. The zero-order valence-electron chi connectivity index (χ0n) is 14.0. The van der Waals surface area contributed by atoms with Gasteiger partial charge < -0.3 is 10.1 Å². The molecule has 0 fully saturated rings. The van der Waals surface area contributed by atoms with E-state index in [2.05, 4.69) is 15.4 Å². The van der Waals surface area contributed by atoms with Crippen molar-refractivity contribution in [2.75, 3.05) is 11.9 Å². The maximum absolute atomic E-state index is 12.9. The van der Waals surface area contributed by atoms with E-state index in [0.717, 1.165) is 10.4 Å². The van der Waals surface area contributed by atoms with Gasteiger partial charge in [-0.3, -0.25) is 4.79 Å². The van der Waals surface area contributed by atoms with Gasteiger partial charge in [0, 0.05) is 17.1 Å². The second-order valence-corrected chi connectivity index (χ2v) is 6.54. The monoisotopic (exact) mass is 364 g/mol. The van der Waals surface area contributed by atoms with Crippen LogP contribution in [-0.2, 0) is 0 Å². The molecule has 4 rings (SSSR count). The van der Waals surface area contributed by atoms with E-state index in [0.29, 0.717) is 28.7 Å². The zero-order chi connectivity index (χ0) is 17.9. The summed E-state index contributed by atoms with van der Waals surface area (Å²) in [6.07, 6.45) is 3.28. The molecule has 6 nitrogen and oxygen atoms in total. The maximum Gasteiger partial charge on any atom is 0.270 e. The van der Waals surface area contributed by atoms with Gasteiger partial charge in [0.05, 0.1) is 12.8 Å². The molecule has 0 saturated heterocycles. The van der Waals surface area contributed by atoms with E-state index in [1.54, 1.807) is 29.0 Å². The highest BCUT2D eigenvalue weighted by atomic mass is 32.1. The third kappa shape index (κ3) is 3.04. The normalized spacial score (nSPS) is 10.8. The van der Waals surface area contributed by atoms with E-state index in [1.807, 2.05) is 43.3 Å². The number of ether oxygens (including phenoxy) is 1. The first kappa shape index (κ1) is 16.3. The number of rotatable bonds is 5. The molecule has 0 bridgehead atoms. The number of fused-ring (bicyclic) bond motifs is 1. The number of benzene rings is 1. The van der Waals surface area contributed by atoms with E-state index < -0.39 is 0 Å². The first-order valence-corrected chi connectivity index (χ1v) is 9.00. The number of hydrogen-bond donors (Lipinski definition) is 1. The molecule has 3 heterocycles. The van der Waals surface area contributed by atoms with E-state index in [-0.39, 0.29) is 5.91 Å². The van der Waals surface area contributed by atoms with Crippen LogP contribution in [0.1, 0.15) is 16.6 Å². The highest BCUT2D eigenvalue weighted by molar-refractivity contribution is 7.17. The Bertz CT molecular complexity index is 1060. The number of carbonyl (C=O) groups is 1. The van der Waals surface area contributed by atoms with Crippen LogP contribution in [0.3, 0.4) is 0 Å². The van der Waals surface area contributed by atoms with E-state index in [1.165, 1.54) is 11.3 Å². The van der Waals surface area contributed by atoms with E-state index in [4.69, 9.17) is 4.74 Å². The van der Waals surface area contributed by atoms with Crippen LogP contribution < -0.4 is 10.1 Å². The lowest BCUT2D eigenvalue weighted by molar-refractivity contribution is 0.102. The van der Waals surface area contributed by atoms with Crippen LogP contribution >= 0.6 is 11.3 Å². The lowest BCUT2D eigenvalue weighted by Gasteiger charge is -2.07. The highest BCUT2D eigenvalue weighted by Gasteiger charge is 2.19. The van der Waals surface area contributed by atoms with Crippen LogP contribution in [-0.4, -0.2) is 27.1 Å². The molecule has 130 valence electrons. The van der Waals surface area contributed by atoms with Crippen LogP contribution in [0.25, 0.3) is 16.1 Å². The van der Waals surface area contributed by atoms with Crippen molar-refractivity contribution in [1.29, 1.82) is 0 Å². The van der Waals surface area contributed by atoms with Gasteiger partial charge >= 0.3 is 0 Å². The Morgan fingerprint density at radius 3 is 2.85 bits per heavy atom. The van der Waals surface area contributed by atoms with Crippen molar-refractivity contribution in [2.45, 2.75) is 6.92 Å². The average molecular weight is 364 g/mol. The predicted molar refractivity (Wildman–Crippen MR) is 102 cm³/mol. The van der Waals surface area contributed by atoms with Crippen molar-refractivity contribution in [3.63, 3.8) is 0 Å². The number of nitrogens with one attached hydrogen (secondary N) is 1. The Labute approximate surface area is 154 Å². The topological polar surface area (TPSA) is 68.5 Å². The molecule has 0 spiro atoms. The fourth-order valence-electron chi connectivity index (χ4n) is 2.64. The van der Waals surface area contributed by atoms with Crippen LogP contribution in [0.2, 0.25) is 0 Å². The number of anilines is 1. The lowest BCUT2D eigenvalue weighted by Crippen LogP contribution is -2.14. The predicted octanol–water partition coefficient (Wildman–Crippen LogP) is 4.11. The summed E-state index contributed by atoms with van der Waals surface area (Å²) < 4.78 is 7.27. The molecular formula is C19H16N4O2S. The van der Waals surface area contributed by atoms with Crippen molar-refractivity contribution >= 4 is 28.7 Å². The van der Waals surface area contributed by atoms with Gasteiger partial charge in [-0.2, -0.15) is 9.61 Å². The van der Waals surface area contributed by atoms with Crippen molar-refractivity contribution in [3.8, 4) is 16.2 Å².